The maximum Gasteiger partial charge on any atom is 0.336 e. The van der Waals surface area contributed by atoms with Crippen LogP contribution in [0.2, 0.25) is 0 Å². The maximum atomic E-state index is 10.4. The predicted octanol–water partition coefficient (Wildman–Crippen LogP) is 37.1. The van der Waals surface area contributed by atoms with Crippen molar-refractivity contribution >= 4 is 8.60 Å². The summed E-state index contributed by atoms with van der Waals surface area (Å²) in [5.74, 6) is 0. The minimum atomic E-state index is -2.80. The van der Waals surface area contributed by atoms with Gasteiger partial charge < -0.3 is 0 Å². The van der Waals surface area contributed by atoms with Crippen molar-refractivity contribution in [1.82, 2.24) is 0 Å². The summed E-state index contributed by atoms with van der Waals surface area (Å²) in [5, 5.41) is 0. The van der Waals surface area contributed by atoms with E-state index in [1.54, 1.807) is 0 Å². The first-order valence-corrected chi connectivity index (χ1v) is 51.7. The van der Waals surface area contributed by atoms with Gasteiger partial charge >= 0.3 is 8.60 Å². The number of benzene rings is 6. The largest absolute Gasteiger partial charge is 0.336 e. The number of aryl methyl sites for hydroxylation is 6. The van der Waals surface area contributed by atoms with Crippen LogP contribution in [0.1, 0.15) is 561 Å². The van der Waals surface area contributed by atoms with Gasteiger partial charge in [-0.2, -0.15) is 0 Å². The van der Waals surface area contributed by atoms with Crippen molar-refractivity contribution in [1.29, 1.82) is 0 Å². The van der Waals surface area contributed by atoms with Crippen molar-refractivity contribution in [3.63, 3.8) is 0 Å². The molecule has 4 heteroatoms. The summed E-state index contributed by atoms with van der Waals surface area (Å²) in [6.45, 7) is 112. The molecule has 0 aliphatic carbocycles. The number of rotatable bonds is 36. The standard InChI is InChI=1S/C120H195O3P/c1-46-55-58-61-64-67-118(100-88(106(10,11)12)70-82(49-4)71-89(100)107(13,14)15,101-90(108(16,17)18)72-83(50-5)73-91(101)109(19,20)21)121-124(122-119(68-65-62-59-56-47-2,102-92(110(22,23)24)74-84(51-6)75-93(102)111(25,26)27)103-94(112(28,29)30)76-85(52-7)77-95(103)113(31,32)33)123-120(69-66-63-60-57-48-3,104-96(114(34,35)36)78-86(53-8)79-97(104)115(37,38)39)105-98(116(40,41)42)80-87(54-9)81-99(105)117(43,44)45/h70-81H,46-69H2,1-45H3. The first-order chi connectivity index (χ1) is 56.7. The lowest BCUT2D eigenvalue weighted by atomic mass is 9.62. The average Bonchev–Trinajstić information content (AvgIpc) is 0.703. The van der Waals surface area contributed by atoms with Crippen LogP contribution in [0.3, 0.4) is 0 Å². The molecule has 3 nitrogen and oxygen atoms in total. The molecule has 0 unspecified atom stereocenters. The van der Waals surface area contributed by atoms with Gasteiger partial charge in [-0.15, -0.1) is 0 Å². The van der Waals surface area contributed by atoms with Gasteiger partial charge in [-0.3, -0.25) is 13.6 Å². The molecule has 0 aliphatic heterocycles. The molecule has 6 rings (SSSR count). The summed E-state index contributed by atoms with van der Waals surface area (Å²) in [5.41, 5.74) is 23.8. The van der Waals surface area contributed by atoms with Gasteiger partial charge in [0.05, 0.1) is 0 Å². The minimum Gasteiger partial charge on any atom is -0.296 e. The molecule has 0 spiro atoms. The van der Waals surface area contributed by atoms with Gasteiger partial charge in [-0.25, -0.2) is 0 Å². The summed E-state index contributed by atoms with van der Waals surface area (Å²) in [6, 6.07) is 32.0. The first-order valence-electron chi connectivity index (χ1n) is 50.6. The fourth-order valence-corrected chi connectivity index (χ4v) is 21.7. The van der Waals surface area contributed by atoms with E-state index in [4.69, 9.17) is 0 Å². The third kappa shape index (κ3) is 25.5. The highest BCUT2D eigenvalue weighted by Gasteiger charge is 2.59. The van der Waals surface area contributed by atoms with Crippen molar-refractivity contribution in [2.24, 2.45) is 0 Å². The van der Waals surface area contributed by atoms with Crippen LogP contribution in [-0.2, 0) is 134 Å². The van der Waals surface area contributed by atoms with E-state index in [-0.39, 0.29) is 65.0 Å². The topological polar surface area (TPSA) is 27.7 Å². The fraction of sp³-hybridized carbons (Fsp3) is 0.700. The third-order valence-electron chi connectivity index (χ3n) is 27.3. The lowest BCUT2D eigenvalue weighted by Gasteiger charge is -2.52. The molecular weight excluding hydrogens is 1520 g/mol. The zero-order valence-electron chi connectivity index (χ0n) is 90.1. The van der Waals surface area contributed by atoms with Crippen LogP contribution in [0.5, 0.6) is 0 Å². The van der Waals surface area contributed by atoms with E-state index in [2.05, 4.69) is 384 Å². The van der Waals surface area contributed by atoms with Crippen LogP contribution in [0.25, 0.3) is 0 Å². The Morgan fingerprint density at radius 3 is 0.379 bits per heavy atom. The van der Waals surface area contributed by atoms with Crippen molar-refractivity contribution in [2.75, 3.05) is 0 Å². The second-order valence-electron chi connectivity index (χ2n) is 51.0. The smallest absolute Gasteiger partial charge is 0.296 e. The highest BCUT2D eigenvalue weighted by atomic mass is 31.2. The second kappa shape index (κ2) is 41.2. The molecular formula is C120H195O3P. The number of hydrogen-bond acceptors (Lipinski definition) is 3. The van der Waals surface area contributed by atoms with Crippen LogP contribution in [0.15, 0.2) is 72.8 Å². The highest BCUT2D eigenvalue weighted by molar-refractivity contribution is 7.41. The molecule has 6 aromatic rings. The van der Waals surface area contributed by atoms with E-state index in [9.17, 15) is 13.6 Å². The zero-order valence-corrected chi connectivity index (χ0v) is 91.0. The highest BCUT2D eigenvalue weighted by Crippen LogP contribution is 2.69. The summed E-state index contributed by atoms with van der Waals surface area (Å²) >= 11 is 0. The Morgan fingerprint density at radius 1 is 0.169 bits per heavy atom. The molecule has 0 atom stereocenters. The first kappa shape index (κ1) is 108. The Hall–Kier alpha value is -4.37. The van der Waals surface area contributed by atoms with E-state index in [0.29, 0.717) is 19.3 Å². The molecule has 0 aliphatic rings. The lowest BCUT2D eigenvalue weighted by molar-refractivity contribution is -0.0303. The molecule has 124 heavy (non-hydrogen) atoms. The van der Waals surface area contributed by atoms with Crippen molar-refractivity contribution < 1.29 is 13.6 Å². The summed E-state index contributed by atoms with van der Waals surface area (Å²) in [6.07, 6.45) is 23.8. The Morgan fingerprint density at radius 2 is 0.282 bits per heavy atom. The van der Waals surface area contributed by atoms with Gasteiger partial charge in [-0.1, -0.05) is 461 Å². The predicted molar refractivity (Wildman–Crippen MR) is 552 cm³/mol. The second-order valence-corrected chi connectivity index (χ2v) is 52.0. The normalized spacial score (nSPS) is 14.0. The van der Waals surface area contributed by atoms with Crippen molar-refractivity contribution in [3.05, 3.63) is 206 Å². The summed E-state index contributed by atoms with van der Waals surface area (Å²) < 4.78 is 31.2. The van der Waals surface area contributed by atoms with E-state index in [1.807, 2.05) is 0 Å². The lowest BCUT2D eigenvalue weighted by Crippen LogP contribution is -2.45. The van der Waals surface area contributed by atoms with Crippen LogP contribution in [-0.4, -0.2) is 0 Å². The third-order valence-corrected chi connectivity index (χ3v) is 28.7. The summed E-state index contributed by atoms with van der Waals surface area (Å²) in [4.78, 5) is 0. The monoisotopic (exact) mass is 1720 g/mol. The van der Waals surface area contributed by atoms with Crippen LogP contribution in [0.4, 0.5) is 0 Å². The molecule has 0 radical (unpaired) electrons. The van der Waals surface area contributed by atoms with Gasteiger partial charge in [-0.05, 0) is 276 Å². The molecule has 0 saturated carbocycles. The number of hydrogen-bond donors (Lipinski definition) is 0. The van der Waals surface area contributed by atoms with E-state index in [1.165, 1.54) is 153 Å². The van der Waals surface area contributed by atoms with Crippen molar-refractivity contribution in [3.8, 4) is 0 Å². The Bertz CT molecular complexity index is 3550. The molecule has 0 bridgehead atoms. The average molecular weight is 1720 g/mol. The zero-order chi connectivity index (χ0) is 94.5. The SMILES string of the molecule is CCCCCCCC(OP(OC(CCCCCCC)(c1c(C(C)(C)C)cc(CC)cc1C(C)(C)C)c1c(C(C)(C)C)cc(CC)cc1C(C)(C)C)OC(CCCCCCC)(c1c(C(C)(C)C)cc(CC)cc1C(C)(C)C)c1c(C(C)(C)C)cc(CC)cc1C(C)(C)C)(c1c(C(C)(C)C)cc(CC)cc1C(C)(C)C)c1c(C(C)(C)C)cc(CC)cc1C(C)(C)C. The van der Waals surface area contributed by atoms with Gasteiger partial charge in [0.1, 0.15) is 16.8 Å². The molecule has 6 aromatic carbocycles. The summed E-state index contributed by atoms with van der Waals surface area (Å²) in [7, 11) is -2.80. The maximum absolute atomic E-state index is 10.4. The van der Waals surface area contributed by atoms with Gasteiger partial charge in [0.2, 0.25) is 0 Å². The molecule has 0 aromatic heterocycles. The molecule has 0 fully saturated rings. The molecule has 0 heterocycles. The van der Waals surface area contributed by atoms with Gasteiger partial charge in [0.15, 0.2) is 0 Å². The Kier molecular flexibility index (Phi) is 36.0. The quantitative estimate of drug-likeness (QED) is 0.0290. The van der Waals surface area contributed by atoms with E-state index in [0.717, 1.165) is 116 Å². The molecule has 0 saturated heterocycles. The number of unbranched alkanes of at least 4 members (excludes halogenated alkanes) is 12. The van der Waals surface area contributed by atoms with Crippen LogP contribution >= 0.6 is 8.60 Å². The van der Waals surface area contributed by atoms with Gasteiger partial charge in [0, 0.05) is 0 Å². The van der Waals surface area contributed by atoms with E-state index >= 15 is 0 Å². The van der Waals surface area contributed by atoms with Gasteiger partial charge in [0.25, 0.3) is 0 Å². The van der Waals surface area contributed by atoms with Crippen LogP contribution < -0.4 is 0 Å². The Balaban J connectivity index is 2.50. The molecule has 0 N–H and O–H groups in total. The van der Waals surface area contributed by atoms with Crippen molar-refractivity contribution in [2.45, 2.75) is 547 Å². The van der Waals surface area contributed by atoms with Crippen LogP contribution in [0, 0.1) is 0 Å². The fourth-order valence-electron chi connectivity index (χ4n) is 20.1. The molecule has 698 valence electrons. The minimum absolute atomic E-state index is 0.386. The molecule has 0 amide bonds. The van der Waals surface area contributed by atoms with E-state index < -0.39 is 25.4 Å². The Labute approximate surface area is 770 Å².